The molecule has 1 aromatic carbocycles. The van der Waals surface area contributed by atoms with Crippen LogP contribution in [-0.2, 0) is 9.59 Å². The Hall–Kier alpha value is -2.44. The monoisotopic (exact) mass is 360 g/mol. The van der Waals surface area contributed by atoms with E-state index in [0.29, 0.717) is 27.8 Å². The van der Waals surface area contributed by atoms with Gasteiger partial charge in [0.25, 0.3) is 11.8 Å². The molecule has 0 aliphatic carbocycles. The minimum absolute atomic E-state index is 0.0181. The molecule has 0 radical (unpaired) electrons. The van der Waals surface area contributed by atoms with Gasteiger partial charge in [0.15, 0.2) is 5.11 Å². The molecule has 0 saturated carbocycles. The maximum atomic E-state index is 12.8. The fourth-order valence-corrected chi connectivity index (χ4v) is 2.92. The quantitative estimate of drug-likeness (QED) is 0.506. The number of rotatable bonds is 2. The summed E-state index contributed by atoms with van der Waals surface area (Å²) in [4.78, 5) is 26.3. The summed E-state index contributed by atoms with van der Waals surface area (Å²) in [5.41, 5.74) is 1.14. The van der Waals surface area contributed by atoms with Crippen LogP contribution in [0.4, 0.5) is 5.69 Å². The number of carbonyl (C=O) groups is 2. The zero-order valence-electron chi connectivity index (χ0n) is 12.9. The van der Waals surface area contributed by atoms with Gasteiger partial charge in [-0.3, -0.25) is 19.8 Å². The molecule has 0 spiro atoms. The van der Waals surface area contributed by atoms with Crippen LogP contribution >= 0.6 is 23.8 Å². The first kappa shape index (κ1) is 16.4. The fraction of sp³-hybridized carbons (Fsp3) is 0.118. The highest BCUT2D eigenvalue weighted by atomic mass is 35.5. The van der Waals surface area contributed by atoms with Crippen LogP contribution in [0.5, 0.6) is 0 Å². The molecule has 2 amide bonds. The van der Waals surface area contributed by atoms with Gasteiger partial charge in [0.05, 0.1) is 5.69 Å². The maximum absolute atomic E-state index is 12.8. The van der Waals surface area contributed by atoms with E-state index < -0.39 is 11.8 Å². The smallest absolute Gasteiger partial charge is 0.270 e. The summed E-state index contributed by atoms with van der Waals surface area (Å²) in [5, 5.41) is 3.01. The first-order valence-electron chi connectivity index (χ1n) is 7.11. The van der Waals surface area contributed by atoms with E-state index in [2.05, 4.69) is 5.32 Å². The van der Waals surface area contributed by atoms with Crippen molar-refractivity contribution < 1.29 is 14.0 Å². The van der Waals surface area contributed by atoms with E-state index in [9.17, 15) is 9.59 Å². The Morgan fingerprint density at radius 1 is 1.25 bits per heavy atom. The van der Waals surface area contributed by atoms with Gasteiger partial charge in [-0.2, -0.15) is 0 Å². The number of hydrogen-bond acceptors (Lipinski definition) is 4. The molecule has 2 heterocycles. The molecule has 0 atom stereocenters. The Morgan fingerprint density at radius 2 is 2.00 bits per heavy atom. The van der Waals surface area contributed by atoms with E-state index in [-0.39, 0.29) is 10.7 Å². The summed E-state index contributed by atoms with van der Waals surface area (Å²) in [6.45, 7) is 3.56. The molecule has 0 unspecified atom stereocenters. The largest absolute Gasteiger partial charge is 0.466 e. The number of thiocarbonyl (C=S) groups is 1. The highest BCUT2D eigenvalue weighted by Gasteiger charge is 2.34. The normalized spacial score (nSPS) is 16.7. The van der Waals surface area contributed by atoms with Crippen molar-refractivity contribution in [1.82, 2.24) is 5.32 Å². The van der Waals surface area contributed by atoms with Crippen LogP contribution in [0, 0.1) is 13.8 Å². The van der Waals surface area contributed by atoms with Gasteiger partial charge in [-0.05, 0) is 56.4 Å². The summed E-state index contributed by atoms with van der Waals surface area (Å²) < 4.78 is 5.43. The lowest BCUT2D eigenvalue weighted by atomic mass is 10.1. The highest BCUT2D eigenvalue weighted by Crippen LogP contribution is 2.25. The molecule has 3 rings (SSSR count). The second-order valence-corrected chi connectivity index (χ2v) is 6.13. The summed E-state index contributed by atoms with van der Waals surface area (Å²) in [6.07, 6.45) is 1.50. The minimum Gasteiger partial charge on any atom is -0.466 e. The molecule has 122 valence electrons. The van der Waals surface area contributed by atoms with E-state index in [0.717, 1.165) is 0 Å². The van der Waals surface area contributed by atoms with E-state index >= 15 is 0 Å². The van der Waals surface area contributed by atoms with Crippen LogP contribution in [0.1, 0.15) is 17.1 Å². The van der Waals surface area contributed by atoms with Gasteiger partial charge in [-0.1, -0.05) is 17.7 Å². The molecule has 2 aromatic rings. The topological polar surface area (TPSA) is 62.6 Å². The van der Waals surface area contributed by atoms with Crippen molar-refractivity contribution in [2.24, 2.45) is 0 Å². The average Bonchev–Trinajstić information content (AvgIpc) is 2.81. The number of halogens is 1. The molecule has 1 saturated heterocycles. The van der Waals surface area contributed by atoms with Gasteiger partial charge < -0.3 is 4.42 Å². The minimum atomic E-state index is -0.540. The van der Waals surface area contributed by atoms with E-state index in [1.54, 1.807) is 44.2 Å². The molecule has 1 N–H and O–H groups in total. The van der Waals surface area contributed by atoms with Crippen LogP contribution in [-0.4, -0.2) is 16.9 Å². The summed E-state index contributed by atoms with van der Waals surface area (Å²) in [7, 11) is 0. The Kier molecular flexibility index (Phi) is 4.26. The van der Waals surface area contributed by atoms with Crippen molar-refractivity contribution in [3.8, 4) is 0 Å². The van der Waals surface area contributed by atoms with E-state index in [4.69, 9.17) is 28.2 Å². The molecular formula is C17H13ClN2O3S. The summed E-state index contributed by atoms with van der Waals surface area (Å²) >= 11 is 11.1. The number of aryl methyl sites for hydroxylation is 2. The third-order valence-corrected chi connectivity index (χ3v) is 4.07. The van der Waals surface area contributed by atoms with Crippen molar-refractivity contribution >= 4 is 52.5 Å². The van der Waals surface area contributed by atoms with Crippen LogP contribution in [0.15, 0.2) is 40.3 Å². The first-order chi connectivity index (χ1) is 11.4. The molecule has 1 aliphatic heterocycles. The third-order valence-electron chi connectivity index (χ3n) is 3.55. The van der Waals surface area contributed by atoms with E-state index in [1.165, 1.54) is 11.0 Å². The maximum Gasteiger partial charge on any atom is 0.270 e. The predicted molar refractivity (Wildman–Crippen MR) is 95.8 cm³/mol. The number of carbonyl (C=O) groups excluding carboxylic acids is 2. The zero-order valence-corrected chi connectivity index (χ0v) is 14.5. The van der Waals surface area contributed by atoms with Crippen LogP contribution in [0.25, 0.3) is 6.08 Å². The molecule has 24 heavy (non-hydrogen) atoms. The lowest BCUT2D eigenvalue weighted by Gasteiger charge is -2.28. The standard InChI is InChI=1S/C17H13ClN2O3S/c1-9-6-11(10(2)23-9)7-14-15(21)19-17(24)20(16(14)22)13-5-3-4-12(18)8-13/h3-8H,1-2H3,(H,19,21,24)/b14-7+. The van der Waals surface area contributed by atoms with Crippen molar-refractivity contribution in [3.05, 3.63) is 58.0 Å². The molecule has 5 nitrogen and oxygen atoms in total. The van der Waals surface area contributed by atoms with Crippen molar-refractivity contribution in [3.63, 3.8) is 0 Å². The molecule has 1 aliphatic rings. The van der Waals surface area contributed by atoms with Crippen LogP contribution < -0.4 is 10.2 Å². The Morgan fingerprint density at radius 3 is 2.62 bits per heavy atom. The lowest BCUT2D eigenvalue weighted by Crippen LogP contribution is -2.54. The van der Waals surface area contributed by atoms with Gasteiger partial charge in [-0.25, -0.2) is 0 Å². The second kappa shape index (κ2) is 6.22. The van der Waals surface area contributed by atoms with Gasteiger partial charge in [0.2, 0.25) is 0 Å². The third kappa shape index (κ3) is 2.98. The Bertz CT molecular complexity index is 901. The van der Waals surface area contributed by atoms with Gasteiger partial charge in [0, 0.05) is 10.6 Å². The zero-order chi connectivity index (χ0) is 17.4. The lowest BCUT2D eigenvalue weighted by molar-refractivity contribution is -0.122. The molecule has 1 fully saturated rings. The number of anilines is 1. The highest BCUT2D eigenvalue weighted by molar-refractivity contribution is 7.80. The average molecular weight is 361 g/mol. The molecule has 1 aromatic heterocycles. The second-order valence-electron chi connectivity index (χ2n) is 5.31. The predicted octanol–water partition coefficient (Wildman–Crippen LogP) is 3.38. The van der Waals surface area contributed by atoms with Crippen molar-refractivity contribution in [2.75, 3.05) is 4.90 Å². The van der Waals surface area contributed by atoms with Crippen molar-refractivity contribution in [1.29, 1.82) is 0 Å². The molecule has 7 heteroatoms. The first-order valence-corrected chi connectivity index (χ1v) is 7.89. The SMILES string of the molecule is Cc1cc(/C=C2\C(=O)NC(=S)N(c3cccc(Cl)c3)C2=O)c(C)o1. The summed E-state index contributed by atoms with van der Waals surface area (Å²) in [5.74, 6) is 0.277. The Balaban J connectivity index is 2.05. The number of amides is 2. The number of nitrogens with zero attached hydrogens (tertiary/aromatic N) is 1. The van der Waals surface area contributed by atoms with Crippen LogP contribution in [0.2, 0.25) is 5.02 Å². The molecule has 0 bridgehead atoms. The van der Waals surface area contributed by atoms with E-state index in [1.807, 2.05) is 0 Å². The fourth-order valence-electron chi connectivity index (χ4n) is 2.46. The van der Waals surface area contributed by atoms with Crippen LogP contribution in [0.3, 0.4) is 0 Å². The summed E-state index contributed by atoms with van der Waals surface area (Å²) in [6, 6.07) is 8.46. The van der Waals surface area contributed by atoms with Gasteiger partial charge in [0.1, 0.15) is 17.1 Å². The number of benzene rings is 1. The Labute approximate surface area is 148 Å². The number of nitrogens with one attached hydrogen (secondary N) is 1. The van der Waals surface area contributed by atoms with Crippen molar-refractivity contribution in [2.45, 2.75) is 13.8 Å². The van der Waals surface area contributed by atoms with Gasteiger partial charge >= 0.3 is 0 Å². The number of hydrogen-bond donors (Lipinski definition) is 1. The molecular weight excluding hydrogens is 348 g/mol. The number of furan rings is 1. The van der Waals surface area contributed by atoms with Gasteiger partial charge in [-0.15, -0.1) is 0 Å².